The van der Waals surface area contributed by atoms with Crippen molar-refractivity contribution in [1.82, 2.24) is 0 Å². The average molecular weight is 255 g/mol. The second-order valence-corrected chi connectivity index (χ2v) is 4.54. The van der Waals surface area contributed by atoms with Crippen LogP contribution in [0.1, 0.15) is 12.8 Å². The number of benzene rings is 1. The molecule has 3 nitrogen and oxygen atoms in total. The second-order valence-electron chi connectivity index (χ2n) is 4.10. The number of rotatable bonds is 4. The number of ketones is 1. The SMILES string of the molecule is O=C(COc1cccc(Cl)c1)C1CCOCC1. The fraction of sp³-hybridized carbons (Fsp3) is 0.462. The molecule has 1 aromatic rings. The maximum absolute atomic E-state index is 11.8. The maximum Gasteiger partial charge on any atom is 0.173 e. The summed E-state index contributed by atoms with van der Waals surface area (Å²) in [6.07, 6.45) is 1.61. The molecule has 1 aromatic carbocycles. The van der Waals surface area contributed by atoms with Gasteiger partial charge in [0.05, 0.1) is 0 Å². The summed E-state index contributed by atoms with van der Waals surface area (Å²) in [6, 6.07) is 7.08. The van der Waals surface area contributed by atoms with E-state index in [1.807, 2.05) is 0 Å². The van der Waals surface area contributed by atoms with Crippen molar-refractivity contribution in [3.8, 4) is 5.75 Å². The van der Waals surface area contributed by atoms with Gasteiger partial charge in [0.15, 0.2) is 5.78 Å². The van der Waals surface area contributed by atoms with Gasteiger partial charge in [-0.2, -0.15) is 0 Å². The summed E-state index contributed by atoms with van der Waals surface area (Å²) in [5, 5.41) is 0.612. The van der Waals surface area contributed by atoms with E-state index in [4.69, 9.17) is 21.1 Å². The van der Waals surface area contributed by atoms with Gasteiger partial charge < -0.3 is 9.47 Å². The molecule has 0 atom stereocenters. The van der Waals surface area contributed by atoms with Gasteiger partial charge in [-0.1, -0.05) is 17.7 Å². The molecule has 0 saturated carbocycles. The standard InChI is InChI=1S/C13H15ClO3/c14-11-2-1-3-12(8-11)17-9-13(15)10-4-6-16-7-5-10/h1-3,8,10H,4-7,9H2. The maximum atomic E-state index is 11.8. The number of hydrogen-bond acceptors (Lipinski definition) is 3. The smallest absolute Gasteiger partial charge is 0.173 e. The van der Waals surface area contributed by atoms with Crippen LogP contribution < -0.4 is 4.74 Å². The molecule has 0 spiro atoms. The van der Waals surface area contributed by atoms with Crippen molar-refractivity contribution >= 4 is 17.4 Å². The topological polar surface area (TPSA) is 35.5 Å². The van der Waals surface area contributed by atoms with Gasteiger partial charge in [0.1, 0.15) is 12.4 Å². The van der Waals surface area contributed by atoms with E-state index in [9.17, 15) is 4.79 Å². The van der Waals surface area contributed by atoms with Crippen molar-refractivity contribution in [1.29, 1.82) is 0 Å². The van der Waals surface area contributed by atoms with E-state index in [0.29, 0.717) is 24.0 Å². The number of Topliss-reactive ketones (excluding diaryl/α,β-unsaturated/α-hetero) is 1. The Hall–Kier alpha value is -1.06. The normalized spacial score (nSPS) is 16.8. The molecule has 4 heteroatoms. The highest BCUT2D eigenvalue weighted by molar-refractivity contribution is 6.30. The van der Waals surface area contributed by atoms with Crippen LogP contribution in [-0.2, 0) is 9.53 Å². The first-order valence-electron chi connectivity index (χ1n) is 5.74. The first-order chi connectivity index (χ1) is 8.25. The molecule has 92 valence electrons. The Balaban J connectivity index is 1.83. The van der Waals surface area contributed by atoms with E-state index < -0.39 is 0 Å². The lowest BCUT2D eigenvalue weighted by Crippen LogP contribution is -2.27. The van der Waals surface area contributed by atoms with Gasteiger partial charge in [-0.05, 0) is 31.0 Å². The van der Waals surface area contributed by atoms with E-state index in [2.05, 4.69) is 0 Å². The third-order valence-corrected chi connectivity index (χ3v) is 3.09. The van der Waals surface area contributed by atoms with Gasteiger partial charge in [-0.3, -0.25) is 4.79 Å². The summed E-state index contributed by atoms with van der Waals surface area (Å²) in [5.41, 5.74) is 0. The number of ether oxygens (including phenoxy) is 2. The van der Waals surface area contributed by atoms with Gasteiger partial charge in [0, 0.05) is 24.2 Å². The molecule has 1 fully saturated rings. The van der Waals surface area contributed by atoms with Crippen molar-refractivity contribution in [3.63, 3.8) is 0 Å². The highest BCUT2D eigenvalue weighted by Crippen LogP contribution is 2.19. The average Bonchev–Trinajstić information content (AvgIpc) is 2.37. The predicted molar refractivity (Wildman–Crippen MR) is 65.5 cm³/mol. The van der Waals surface area contributed by atoms with Gasteiger partial charge in [-0.25, -0.2) is 0 Å². The minimum absolute atomic E-state index is 0.0861. The molecule has 1 saturated heterocycles. The van der Waals surface area contributed by atoms with Gasteiger partial charge >= 0.3 is 0 Å². The molecule has 17 heavy (non-hydrogen) atoms. The van der Waals surface area contributed by atoms with E-state index in [1.165, 1.54) is 0 Å². The Morgan fingerprint density at radius 3 is 2.88 bits per heavy atom. The summed E-state index contributed by atoms with van der Waals surface area (Å²) < 4.78 is 10.6. The zero-order valence-corrected chi connectivity index (χ0v) is 10.3. The van der Waals surface area contributed by atoms with Gasteiger partial charge in [0.2, 0.25) is 0 Å². The Morgan fingerprint density at radius 2 is 2.18 bits per heavy atom. The Labute approximate surface area is 106 Å². The molecule has 0 unspecified atom stereocenters. The Morgan fingerprint density at radius 1 is 1.41 bits per heavy atom. The molecule has 0 amide bonds. The van der Waals surface area contributed by atoms with Crippen LogP contribution in [0.5, 0.6) is 5.75 Å². The third kappa shape index (κ3) is 3.72. The highest BCUT2D eigenvalue weighted by atomic mass is 35.5. The Bertz CT molecular complexity index is 386. The number of carbonyl (C=O) groups excluding carboxylic acids is 1. The lowest BCUT2D eigenvalue weighted by molar-refractivity contribution is -0.127. The molecule has 1 aliphatic rings. The summed E-state index contributed by atoms with van der Waals surface area (Å²) in [4.78, 5) is 11.8. The monoisotopic (exact) mass is 254 g/mol. The Kier molecular flexibility index (Phi) is 4.40. The largest absolute Gasteiger partial charge is 0.486 e. The lowest BCUT2D eigenvalue weighted by Gasteiger charge is -2.20. The van der Waals surface area contributed by atoms with E-state index in [-0.39, 0.29) is 18.3 Å². The summed E-state index contributed by atoms with van der Waals surface area (Å²) in [6.45, 7) is 1.46. The van der Waals surface area contributed by atoms with Crippen LogP contribution in [0, 0.1) is 5.92 Å². The number of hydrogen-bond donors (Lipinski definition) is 0. The van der Waals surface area contributed by atoms with Crippen molar-refractivity contribution in [2.75, 3.05) is 19.8 Å². The van der Waals surface area contributed by atoms with Crippen molar-refractivity contribution < 1.29 is 14.3 Å². The zero-order valence-electron chi connectivity index (χ0n) is 9.52. The predicted octanol–water partition coefficient (Wildman–Crippen LogP) is 2.71. The van der Waals surface area contributed by atoms with E-state index >= 15 is 0 Å². The minimum Gasteiger partial charge on any atom is -0.486 e. The number of halogens is 1. The van der Waals surface area contributed by atoms with Gasteiger partial charge in [-0.15, -0.1) is 0 Å². The van der Waals surface area contributed by atoms with Crippen LogP contribution in [0.2, 0.25) is 5.02 Å². The molecular weight excluding hydrogens is 240 g/mol. The highest BCUT2D eigenvalue weighted by Gasteiger charge is 2.21. The summed E-state index contributed by atoms with van der Waals surface area (Å²) in [5.74, 6) is 0.870. The van der Waals surface area contributed by atoms with Crippen LogP contribution >= 0.6 is 11.6 Å². The minimum atomic E-state index is 0.0861. The van der Waals surface area contributed by atoms with Crippen LogP contribution in [0.15, 0.2) is 24.3 Å². The molecule has 0 aliphatic carbocycles. The first kappa shape index (κ1) is 12.4. The van der Waals surface area contributed by atoms with Crippen LogP contribution in [0.25, 0.3) is 0 Å². The third-order valence-electron chi connectivity index (χ3n) is 2.85. The molecule has 0 N–H and O–H groups in total. The lowest BCUT2D eigenvalue weighted by atomic mass is 9.96. The van der Waals surface area contributed by atoms with Crippen LogP contribution in [-0.4, -0.2) is 25.6 Å². The first-order valence-corrected chi connectivity index (χ1v) is 6.12. The number of carbonyl (C=O) groups is 1. The van der Waals surface area contributed by atoms with Crippen molar-refractivity contribution in [3.05, 3.63) is 29.3 Å². The summed E-state index contributed by atoms with van der Waals surface area (Å²) >= 11 is 5.83. The molecule has 0 radical (unpaired) electrons. The molecular formula is C13H15ClO3. The zero-order chi connectivity index (χ0) is 12.1. The fourth-order valence-electron chi connectivity index (χ4n) is 1.85. The molecule has 0 bridgehead atoms. The van der Waals surface area contributed by atoms with Gasteiger partial charge in [0.25, 0.3) is 0 Å². The van der Waals surface area contributed by atoms with Crippen molar-refractivity contribution in [2.24, 2.45) is 5.92 Å². The quantitative estimate of drug-likeness (QED) is 0.829. The molecule has 1 heterocycles. The molecule has 2 rings (SSSR count). The molecule has 1 aliphatic heterocycles. The van der Waals surface area contributed by atoms with Crippen molar-refractivity contribution in [2.45, 2.75) is 12.8 Å². The van der Waals surface area contributed by atoms with Crippen LogP contribution in [0.3, 0.4) is 0 Å². The van der Waals surface area contributed by atoms with E-state index in [0.717, 1.165) is 12.8 Å². The second kappa shape index (κ2) is 6.03. The molecule has 0 aromatic heterocycles. The van der Waals surface area contributed by atoms with E-state index in [1.54, 1.807) is 24.3 Å². The summed E-state index contributed by atoms with van der Waals surface area (Å²) in [7, 11) is 0. The fourth-order valence-corrected chi connectivity index (χ4v) is 2.03. The van der Waals surface area contributed by atoms with Crippen LogP contribution in [0.4, 0.5) is 0 Å².